The van der Waals surface area contributed by atoms with Crippen LogP contribution in [0.5, 0.6) is 0 Å². The molecular formula is C11H6Br2ClNOS. The van der Waals surface area contributed by atoms with E-state index in [1.807, 2.05) is 0 Å². The van der Waals surface area contributed by atoms with E-state index in [2.05, 4.69) is 31.9 Å². The molecule has 2 rings (SSSR count). The van der Waals surface area contributed by atoms with Gasteiger partial charge in [0, 0.05) is 11.1 Å². The normalized spacial score (nSPS) is 10.5. The minimum atomic E-state index is -0.140. The summed E-state index contributed by atoms with van der Waals surface area (Å²) in [6, 6.07) is 6.80. The molecule has 2 aromatic rings. The van der Waals surface area contributed by atoms with E-state index in [1.54, 1.807) is 24.3 Å². The van der Waals surface area contributed by atoms with Gasteiger partial charge in [0.1, 0.15) is 0 Å². The summed E-state index contributed by atoms with van der Waals surface area (Å²) < 4.78 is 1.65. The number of ketones is 1. The predicted molar refractivity (Wildman–Crippen MR) is 79.0 cm³/mol. The molecule has 0 radical (unpaired) electrons. The zero-order valence-electron chi connectivity index (χ0n) is 8.34. The summed E-state index contributed by atoms with van der Waals surface area (Å²) in [6.45, 7) is 0. The largest absolute Gasteiger partial charge is 0.397 e. The summed E-state index contributed by atoms with van der Waals surface area (Å²) in [7, 11) is 0. The van der Waals surface area contributed by atoms with Crippen LogP contribution in [0.1, 0.15) is 15.9 Å². The minimum absolute atomic E-state index is 0.140. The average molecular weight is 396 g/mol. The number of anilines is 1. The molecule has 0 amide bonds. The van der Waals surface area contributed by atoms with E-state index in [1.165, 1.54) is 11.3 Å². The molecule has 2 nitrogen and oxygen atoms in total. The van der Waals surface area contributed by atoms with E-state index in [4.69, 9.17) is 17.3 Å². The SMILES string of the molecule is Nc1c(Cl)cccc1C(=O)c1cc(Br)sc1Br. The average Bonchev–Trinajstić information content (AvgIpc) is 2.61. The van der Waals surface area contributed by atoms with Crippen molar-refractivity contribution in [3.8, 4) is 0 Å². The van der Waals surface area contributed by atoms with Crippen LogP contribution in [0.15, 0.2) is 31.8 Å². The van der Waals surface area contributed by atoms with Crippen LogP contribution < -0.4 is 5.73 Å². The third-order valence-electron chi connectivity index (χ3n) is 2.20. The Balaban J connectivity index is 2.51. The Hall–Kier alpha value is -0.360. The van der Waals surface area contributed by atoms with E-state index < -0.39 is 0 Å². The van der Waals surface area contributed by atoms with E-state index in [9.17, 15) is 4.79 Å². The van der Waals surface area contributed by atoms with Crippen molar-refractivity contribution in [2.45, 2.75) is 0 Å². The molecule has 2 N–H and O–H groups in total. The number of hydrogen-bond donors (Lipinski definition) is 1. The highest BCUT2D eigenvalue weighted by Crippen LogP contribution is 2.34. The van der Waals surface area contributed by atoms with Crippen LogP contribution in [0.4, 0.5) is 5.69 Å². The van der Waals surface area contributed by atoms with Crippen LogP contribution in [0.2, 0.25) is 5.02 Å². The lowest BCUT2D eigenvalue weighted by Gasteiger charge is -2.05. The molecule has 0 spiro atoms. The van der Waals surface area contributed by atoms with Gasteiger partial charge in [-0.1, -0.05) is 17.7 Å². The van der Waals surface area contributed by atoms with Crippen LogP contribution in [-0.4, -0.2) is 5.78 Å². The number of carbonyl (C=O) groups excluding carboxylic acids is 1. The summed E-state index contributed by atoms with van der Waals surface area (Å²) >= 11 is 14.0. The van der Waals surface area contributed by atoms with Crippen LogP contribution in [0, 0.1) is 0 Å². The molecule has 17 heavy (non-hydrogen) atoms. The highest BCUT2D eigenvalue weighted by atomic mass is 79.9. The number of halogens is 3. The maximum atomic E-state index is 12.3. The van der Waals surface area contributed by atoms with Gasteiger partial charge in [-0.05, 0) is 50.1 Å². The number of thiophene rings is 1. The molecule has 0 saturated carbocycles. The number of hydrogen-bond acceptors (Lipinski definition) is 3. The lowest BCUT2D eigenvalue weighted by atomic mass is 10.0. The smallest absolute Gasteiger partial charge is 0.197 e. The quantitative estimate of drug-likeness (QED) is 0.590. The van der Waals surface area contributed by atoms with Gasteiger partial charge in [0.05, 0.1) is 18.3 Å². The van der Waals surface area contributed by atoms with E-state index in [0.717, 1.165) is 7.57 Å². The highest BCUT2D eigenvalue weighted by molar-refractivity contribution is 9.12. The van der Waals surface area contributed by atoms with Crippen molar-refractivity contribution in [1.82, 2.24) is 0 Å². The van der Waals surface area contributed by atoms with Gasteiger partial charge < -0.3 is 5.73 Å². The Morgan fingerprint density at radius 3 is 2.59 bits per heavy atom. The number of nitrogen functional groups attached to an aromatic ring is 1. The molecule has 0 saturated heterocycles. The van der Waals surface area contributed by atoms with Crippen molar-refractivity contribution in [2.75, 3.05) is 5.73 Å². The summed E-state index contributed by atoms with van der Waals surface area (Å²) in [5, 5.41) is 0.390. The predicted octanol–water partition coefficient (Wildman–Crippen LogP) is 4.74. The second kappa shape index (κ2) is 5.10. The van der Waals surface area contributed by atoms with Gasteiger partial charge in [-0.3, -0.25) is 4.79 Å². The van der Waals surface area contributed by atoms with Gasteiger partial charge in [-0.15, -0.1) is 11.3 Å². The minimum Gasteiger partial charge on any atom is -0.397 e. The van der Waals surface area contributed by atoms with E-state index in [-0.39, 0.29) is 5.78 Å². The third kappa shape index (κ3) is 2.57. The van der Waals surface area contributed by atoms with Gasteiger partial charge in [0.25, 0.3) is 0 Å². The van der Waals surface area contributed by atoms with Gasteiger partial charge in [0.2, 0.25) is 0 Å². The fraction of sp³-hybridized carbons (Fsp3) is 0. The van der Waals surface area contributed by atoms with Crippen LogP contribution in [0.3, 0.4) is 0 Å². The Labute approximate surface area is 124 Å². The zero-order chi connectivity index (χ0) is 12.6. The number of nitrogens with two attached hydrogens (primary N) is 1. The van der Waals surface area contributed by atoms with Crippen molar-refractivity contribution in [2.24, 2.45) is 0 Å². The van der Waals surface area contributed by atoms with Crippen LogP contribution >= 0.6 is 54.8 Å². The third-order valence-corrected chi connectivity index (χ3v) is 4.87. The molecule has 0 aliphatic rings. The van der Waals surface area contributed by atoms with Crippen molar-refractivity contribution in [3.63, 3.8) is 0 Å². The molecule has 0 unspecified atom stereocenters. The Morgan fingerprint density at radius 1 is 1.29 bits per heavy atom. The first-order valence-electron chi connectivity index (χ1n) is 4.54. The Morgan fingerprint density at radius 2 is 2.00 bits per heavy atom. The number of rotatable bonds is 2. The summed E-state index contributed by atoms with van der Waals surface area (Å²) in [6.07, 6.45) is 0. The molecule has 88 valence electrons. The van der Waals surface area contributed by atoms with Crippen LogP contribution in [0.25, 0.3) is 0 Å². The topological polar surface area (TPSA) is 43.1 Å². The molecule has 6 heteroatoms. The molecular weight excluding hydrogens is 389 g/mol. The van der Waals surface area contributed by atoms with Gasteiger partial charge in [-0.2, -0.15) is 0 Å². The first-order chi connectivity index (χ1) is 8.00. The van der Waals surface area contributed by atoms with Crippen molar-refractivity contribution in [1.29, 1.82) is 0 Å². The number of para-hydroxylation sites is 1. The lowest BCUT2D eigenvalue weighted by molar-refractivity contribution is 0.103. The first-order valence-corrected chi connectivity index (χ1v) is 7.32. The van der Waals surface area contributed by atoms with Crippen LogP contribution in [-0.2, 0) is 0 Å². The van der Waals surface area contributed by atoms with E-state index in [0.29, 0.717) is 21.8 Å². The van der Waals surface area contributed by atoms with Gasteiger partial charge in [-0.25, -0.2) is 0 Å². The van der Waals surface area contributed by atoms with Crippen molar-refractivity contribution < 1.29 is 4.79 Å². The highest BCUT2D eigenvalue weighted by Gasteiger charge is 2.18. The standard InChI is InChI=1S/C11H6Br2ClNOS/c12-8-4-6(11(13)17-8)10(16)5-2-1-3-7(14)9(5)15/h1-4H,15H2. The molecule has 0 aliphatic heterocycles. The molecule has 1 aromatic carbocycles. The van der Waals surface area contributed by atoms with Crippen molar-refractivity contribution in [3.05, 3.63) is 48.0 Å². The second-order valence-corrected chi connectivity index (χ2v) is 7.42. The molecule has 1 aromatic heterocycles. The molecule has 0 fully saturated rings. The van der Waals surface area contributed by atoms with Crippen molar-refractivity contribution >= 4 is 66.3 Å². The summed E-state index contributed by atoms with van der Waals surface area (Å²) in [4.78, 5) is 12.3. The first kappa shape index (κ1) is 13.1. The van der Waals surface area contributed by atoms with Gasteiger partial charge >= 0.3 is 0 Å². The maximum Gasteiger partial charge on any atom is 0.197 e. The Bertz CT molecular complexity index is 597. The maximum absolute atomic E-state index is 12.3. The fourth-order valence-electron chi connectivity index (χ4n) is 1.38. The number of benzene rings is 1. The summed E-state index contributed by atoms with van der Waals surface area (Å²) in [5.74, 6) is -0.140. The molecule has 1 heterocycles. The van der Waals surface area contributed by atoms with Gasteiger partial charge in [0.15, 0.2) is 5.78 Å². The zero-order valence-corrected chi connectivity index (χ0v) is 13.1. The van der Waals surface area contributed by atoms with E-state index >= 15 is 0 Å². The summed E-state index contributed by atoms with van der Waals surface area (Å²) in [5.41, 5.74) is 7.11. The molecule has 0 bridgehead atoms. The molecule has 0 atom stereocenters. The number of carbonyl (C=O) groups is 1. The Kier molecular flexibility index (Phi) is 3.92. The second-order valence-electron chi connectivity index (χ2n) is 3.27. The lowest BCUT2D eigenvalue weighted by Crippen LogP contribution is -2.05. The molecule has 0 aliphatic carbocycles. The fourth-order valence-corrected chi connectivity index (χ4v) is 4.34. The monoisotopic (exact) mass is 393 g/mol.